The predicted octanol–water partition coefficient (Wildman–Crippen LogP) is 3.10. The Balaban J connectivity index is 1.51. The van der Waals surface area contributed by atoms with E-state index < -0.39 is 6.09 Å². The minimum absolute atomic E-state index is 0.0101. The molecule has 182 valence electrons. The van der Waals surface area contributed by atoms with E-state index in [4.69, 9.17) is 18.9 Å². The van der Waals surface area contributed by atoms with Crippen LogP contribution in [0.25, 0.3) is 0 Å². The summed E-state index contributed by atoms with van der Waals surface area (Å²) in [6.45, 7) is 9.96. The van der Waals surface area contributed by atoms with Gasteiger partial charge in [0.2, 0.25) is 5.91 Å². The fourth-order valence-electron chi connectivity index (χ4n) is 5.07. The van der Waals surface area contributed by atoms with Gasteiger partial charge in [-0.25, -0.2) is 4.79 Å². The molecule has 6 atom stereocenters. The second-order valence-electron chi connectivity index (χ2n) is 9.70. The molecule has 1 saturated carbocycles. The van der Waals surface area contributed by atoms with E-state index >= 15 is 0 Å². The van der Waals surface area contributed by atoms with E-state index in [1.54, 1.807) is 7.11 Å². The maximum Gasteiger partial charge on any atom is 0.407 e. The fourth-order valence-corrected chi connectivity index (χ4v) is 5.07. The van der Waals surface area contributed by atoms with Gasteiger partial charge < -0.3 is 29.6 Å². The zero-order valence-corrected chi connectivity index (χ0v) is 20.2. The van der Waals surface area contributed by atoms with Crippen LogP contribution in [0.1, 0.15) is 66.2 Å². The fraction of sp³-hybridized carbons (Fsp3) is 0.833. The first-order valence-electron chi connectivity index (χ1n) is 11.9. The lowest BCUT2D eigenvalue weighted by Crippen LogP contribution is -2.56. The second kappa shape index (κ2) is 10.5. The van der Waals surface area contributed by atoms with Crippen molar-refractivity contribution in [2.75, 3.05) is 26.8 Å². The molecule has 3 fully saturated rings. The number of epoxide rings is 2. The molecule has 1 spiro atoms. The van der Waals surface area contributed by atoms with E-state index in [1.165, 1.54) is 5.57 Å². The normalized spacial score (nSPS) is 35.2. The highest BCUT2D eigenvalue weighted by atomic mass is 16.6. The van der Waals surface area contributed by atoms with Gasteiger partial charge in [0, 0.05) is 26.6 Å². The first-order valence-corrected chi connectivity index (χ1v) is 11.9. The van der Waals surface area contributed by atoms with Gasteiger partial charge >= 0.3 is 6.09 Å². The summed E-state index contributed by atoms with van der Waals surface area (Å²) < 4.78 is 23.8. The number of amides is 2. The minimum atomic E-state index is -0.452. The summed E-state index contributed by atoms with van der Waals surface area (Å²) in [5.74, 6) is 0.0528. The highest BCUT2D eigenvalue weighted by molar-refractivity contribution is 5.75. The predicted molar refractivity (Wildman–Crippen MR) is 120 cm³/mol. The lowest BCUT2D eigenvalue weighted by atomic mass is 9.68. The van der Waals surface area contributed by atoms with Crippen molar-refractivity contribution in [1.29, 1.82) is 0 Å². The Morgan fingerprint density at radius 2 is 1.94 bits per heavy atom. The van der Waals surface area contributed by atoms with Crippen molar-refractivity contribution in [3.8, 4) is 0 Å². The summed E-state index contributed by atoms with van der Waals surface area (Å²) in [6.07, 6.45) is 5.63. The molecular formula is C24H40N2O6. The van der Waals surface area contributed by atoms with Crippen molar-refractivity contribution in [3.63, 3.8) is 0 Å². The molecule has 2 N–H and O–H groups in total. The summed E-state index contributed by atoms with van der Waals surface area (Å²) in [6, 6.07) is 0. The number of hydrogen-bond donors (Lipinski definition) is 2. The molecule has 3 rings (SSSR count). The summed E-state index contributed by atoms with van der Waals surface area (Å²) in [5, 5.41) is 5.63. The SMILES string of the molecule is CCCC(=O)NCCCNC(=O)OC1CC[C@]2(CO2)C(C2(C)O[C@@H]2CC=C(C)C)C1OC. The molecule has 4 unspecified atom stereocenters. The molecule has 0 aromatic rings. The van der Waals surface area contributed by atoms with Crippen molar-refractivity contribution < 1.29 is 28.5 Å². The number of hydrogen-bond acceptors (Lipinski definition) is 6. The Kier molecular flexibility index (Phi) is 8.22. The molecular weight excluding hydrogens is 412 g/mol. The largest absolute Gasteiger partial charge is 0.443 e. The minimum Gasteiger partial charge on any atom is -0.443 e. The van der Waals surface area contributed by atoms with Crippen LogP contribution in [0, 0.1) is 5.92 Å². The Labute approximate surface area is 191 Å². The van der Waals surface area contributed by atoms with Gasteiger partial charge in [-0.05, 0) is 52.9 Å². The van der Waals surface area contributed by atoms with Crippen LogP contribution in [0.15, 0.2) is 11.6 Å². The smallest absolute Gasteiger partial charge is 0.407 e. The third-order valence-corrected chi connectivity index (χ3v) is 6.92. The monoisotopic (exact) mass is 452 g/mol. The van der Waals surface area contributed by atoms with Crippen LogP contribution >= 0.6 is 0 Å². The van der Waals surface area contributed by atoms with E-state index in [0.717, 1.165) is 19.3 Å². The molecule has 2 amide bonds. The molecule has 0 radical (unpaired) electrons. The molecule has 32 heavy (non-hydrogen) atoms. The van der Waals surface area contributed by atoms with Crippen molar-refractivity contribution in [3.05, 3.63) is 11.6 Å². The van der Waals surface area contributed by atoms with E-state index in [0.29, 0.717) is 39.0 Å². The maximum atomic E-state index is 12.4. The third-order valence-electron chi connectivity index (χ3n) is 6.92. The van der Waals surface area contributed by atoms with E-state index in [2.05, 4.69) is 37.5 Å². The highest BCUT2D eigenvalue weighted by Crippen LogP contribution is 2.59. The van der Waals surface area contributed by atoms with Gasteiger partial charge in [-0.15, -0.1) is 0 Å². The van der Waals surface area contributed by atoms with E-state index in [-0.39, 0.29) is 41.3 Å². The summed E-state index contributed by atoms with van der Waals surface area (Å²) in [5.41, 5.74) is 0.690. The van der Waals surface area contributed by atoms with Crippen LogP contribution in [-0.2, 0) is 23.7 Å². The summed E-state index contributed by atoms with van der Waals surface area (Å²) in [7, 11) is 1.67. The number of rotatable bonds is 11. The van der Waals surface area contributed by atoms with Crippen LogP contribution in [-0.4, -0.2) is 68.3 Å². The van der Waals surface area contributed by atoms with Crippen molar-refractivity contribution >= 4 is 12.0 Å². The summed E-state index contributed by atoms with van der Waals surface area (Å²) >= 11 is 0. The van der Waals surface area contributed by atoms with Gasteiger partial charge in [-0.2, -0.15) is 0 Å². The molecule has 8 nitrogen and oxygen atoms in total. The standard InChI is InChI=1S/C24H40N2O6/c1-6-8-19(27)25-13-7-14-26-22(28)31-17-11-12-24(15-30-24)21(20(17)29-5)23(4)18(32-23)10-9-16(2)3/h9,17-18,20-21H,6-8,10-15H2,1-5H3,(H,25,27)(H,26,28)/t17?,18-,20?,21?,23?,24+/m1/s1. The molecule has 0 aromatic heterocycles. The van der Waals surface area contributed by atoms with Crippen molar-refractivity contribution in [2.24, 2.45) is 5.92 Å². The van der Waals surface area contributed by atoms with Crippen LogP contribution in [0.4, 0.5) is 4.79 Å². The first-order chi connectivity index (χ1) is 15.3. The Morgan fingerprint density at radius 3 is 2.56 bits per heavy atom. The van der Waals surface area contributed by atoms with Gasteiger partial charge in [-0.1, -0.05) is 18.6 Å². The highest BCUT2D eigenvalue weighted by Gasteiger charge is 2.72. The molecule has 2 heterocycles. The van der Waals surface area contributed by atoms with Gasteiger partial charge in [0.1, 0.15) is 23.4 Å². The quantitative estimate of drug-likeness (QED) is 0.284. The average molecular weight is 453 g/mol. The van der Waals surface area contributed by atoms with Gasteiger partial charge in [0.15, 0.2) is 0 Å². The van der Waals surface area contributed by atoms with Crippen molar-refractivity contribution in [1.82, 2.24) is 10.6 Å². The van der Waals surface area contributed by atoms with E-state index in [9.17, 15) is 9.59 Å². The Bertz CT molecular complexity index is 703. The number of methoxy groups -OCH3 is 1. The van der Waals surface area contributed by atoms with Crippen LogP contribution in [0.5, 0.6) is 0 Å². The molecule has 2 saturated heterocycles. The molecule has 3 aliphatic rings. The zero-order valence-electron chi connectivity index (χ0n) is 20.2. The average Bonchev–Trinajstić information content (AvgIpc) is 3.65. The van der Waals surface area contributed by atoms with Crippen LogP contribution in [0.3, 0.4) is 0 Å². The Hall–Kier alpha value is -1.64. The van der Waals surface area contributed by atoms with Crippen LogP contribution < -0.4 is 10.6 Å². The molecule has 0 bridgehead atoms. The second-order valence-corrected chi connectivity index (χ2v) is 9.70. The van der Waals surface area contributed by atoms with Crippen LogP contribution in [0.2, 0.25) is 0 Å². The number of allylic oxidation sites excluding steroid dienone is 1. The molecule has 8 heteroatoms. The molecule has 1 aliphatic carbocycles. The molecule has 0 aromatic carbocycles. The van der Waals surface area contributed by atoms with Gasteiger partial charge in [-0.3, -0.25) is 4.79 Å². The first kappa shape index (κ1) is 25.0. The molecule has 2 aliphatic heterocycles. The maximum absolute atomic E-state index is 12.4. The number of alkyl carbamates (subject to hydrolysis) is 1. The number of ether oxygens (including phenoxy) is 4. The topological polar surface area (TPSA) is 102 Å². The lowest BCUT2D eigenvalue weighted by molar-refractivity contribution is -0.121. The van der Waals surface area contributed by atoms with Gasteiger partial charge in [0.25, 0.3) is 0 Å². The zero-order chi connectivity index (χ0) is 23.4. The third kappa shape index (κ3) is 5.83. The summed E-state index contributed by atoms with van der Waals surface area (Å²) in [4.78, 5) is 23.9. The number of carbonyl (C=O) groups excluding carboxylic acids is 2. The van der Waals surface area contributed by atoms with Crippen molar-refractivity contribution in [2.45, 2.75) is 95.7 Å². The lowest BCUT2D eigenvalue weighted by Gasteiger charge is -2.42. The van der Waals surface area contributed by atoms with E-state index in [1.807, 2.05) is 6.92 Å². The number of carbonyl (C=O) groups is 2. The number of nitrogens with one attached hydrogen (secondary N) is 2. The Morgan fingerprint density at radius 1 is 1.22 bits per heavy atom. The van der Waals surface area contributed by atoms with Gasteiger partial charge in [0.05, 0.1) is 18.6 Å².